The highest BCUT2D eigenvalue weighted by molar-refractivity contribution is 7.92. The molecule has 0 amide bonds. The van der Waals surface area contributed by atoms with Crippen LogP contribution in [0.4, 0.5) is 5.82 Å². The minimum absolute atomic E-state index is 0.0699. The zero-order valence-electron chi connectivity index (χ0n) is 19.8. The molecule has 1 atom stereocenters. The molecule has 5 rings (SSSR count). The molecule has 184 valence electrons. The Morgan fingerprint density at radius 1 is 1.15 bits per heavy atom. The summed E-state index contributed by atoms with van der Waals surface area (Å²) in [5.41, 5.74) is 2.61. The summed E-state index contributed by atoms with van der Waals surface area (Å²) in [5, 5.41) is 10.0. The molecule has 1 aliphatic carbocycles. The number of hydrogen-bond acceptors (Lipinski definition) is 6. The number of benzene rings is 1. The van der Waals surface area contributed by atoms with E-state index in [4.69, 9.17) is 9.47 Å². The third-order valence-corrected chi connectivity index (χ3v) is 9.18. The van der Waals surface area contributed by atoms with Crippen LogP contribution < -0.4 is 9.04 Å². The third kappa shape index (κ3) is 4.68. The van der Waals surface area contributed by atoms with Crippen LogP contribution in [0.2, 0.25) is 0 Å². The number of aliphatic hydroxyl groups excluding tert-OH is 1. The minimum Gasteiger partial charge on any atom is -0.493 e. The first-order valence-electron chi connectivity index (χ1n) is 12.5. The molecule has 1 saturated heterocycles. The van der Waals surface area contributed by atoms with Gasteiger partial charge in [-0.25, -0.2) is 17.7 Å². The van der Waals surface area contributed by atoms with Crippen molar-refractivity contribution in [1.29, 1.82) is 0 Å². The van der Waals surface area contributed by atoms with Gasteiger partial charge in [0.15, 0.2) is 0 Å². The number of pyridine rings is 1. The van der Waals surface area contributed by atoms with Gasteiger partial charge in [0.25, 0.3) is 10.0 Å². The topological polar surface area (TPSA) is 89.0 Å². The van der Waals surface area contributed by atoms with E-state index in [1.807, 2.05) is 0 Å². The molecule has 0 radical (unpaired) electrons. The highest BCUT2D eigenvalue weighted by atomic mass is 32.2. The monoisotopic (exact) mass is 486 g/mol. The van der Waals surface area contributed by atoms with Gasteiger partial charge in [-0.15, -0.1) is 0 Å². The number of ether oxygens (including phenoxy) is 2. The third-order valence-electron chi connectivity index (χ3n) is 7.37. The van der Waals surface area contributed by atoms with Crippen LogP contribution in [0, 0.1) is 11.8 Å². The first kappa shape index (κ1) is 23.6. The molecule has 2 aliphatic heterocycles. The summed E-state index contributed by atoms with van der Waals surface area (Å²) < 4.78 is 40.9. The van der Waals surface area contributed by atoms with Crippen molar-refractivity contribution in [2.45, 2.75) is 69.4 Å². The largest absolute Gasteiger partial charge is 0.493 e. The summed E-state index contributed by atoms with van der Waals surface area (Å²) in [5.74, 6) is 1.89. The Bertz CT molecular complexity index is 1130. The van der Waals surface area contributed by atoms with Crippen LogP contribution in [0.25, 0.3) is 0 Å². The van der Waals surface area contributed by atoms with Gasteiger partial charge in [0, 0.05) is 25.0 Å². The van der Waals surface area contributed by atoms with Gasteiger partial charge in [-0.05, 0) is 86.1 Å². The quantitative estimate of drug-likeness (QED) is 0.610. The highest BCUT2D eigenvalue weighted by Gasteiger charge is 2.44. The second-order valence-electron chi connectivity index (χ2n) is 9.72. The fourth-order valence-electron chi connectivity index (χ4n) is 5.12. The van der Waals surface area contributed by atoms with Gasteiger partial charge in [0.1, 0.15) is 11.6 Å². The standard InChI is InChI=1S/C26H34N2O5S/c1-2-18-13-21-5-7-24(20-3-4-20)28(26(21)27-15-18)34(30,31)23-6-8-25(22(14-23)16-29)33-17-19-9-11-32-12-10-19/h6,8,13-15,19-20,24,29H,2-5,7,9-12,16-17H2,1H3/t24-/m0/s1. The van der Waals surface area contributed by atoms with E-state index in [2.05, 4.69) is 18.0 Å². The van der Waals surface area contributed by atoms with Gasteiger partial charge < -0.3 is 14.6 Å². The summed E-state index contributed by atoms with van der Waals surface area (Å²) in [6.07, 6.45) is 8.33. The van der Waals surface area contributed by atoms with Crippen LogP contribution in [0.1, 0.15) is 55.7 Å². The van der Waals surface area contributed by atoms with E-state index in [9.17, 15) is 13.5 Å². The molecule has 1 saturated carbocycles. The van der Waals surface area contributed by atoms with Crippen molar-refractivity contribution >= 4 is 15.8 Å². The summed E-state index contributed by atoms with van der Waals surface area (Å²) in [7, 11) is -3.85. The summed E-state index contributed by atoms with van der Waals surface area (Å²) in [6.45, 7) is 3.81. The van der Waals surface area contributed by atoms with E-state index in [0.717, 1.165) is 69.3 Å². The lowest BCUT2D eigenvalue weighted by molar-refractivity contribution is 0.0494. The lowest BCUT2D eigenvalue weighted by atomic mass is 9.96. The molecule has 0 unspecified atom stereocenters. The number of aliphatic hydroxyl groups is 1. The first-order valence-corrected chi connectivity index (χ1v) is 13.9. The van der Waals surface area contributed by atoms with Crippen LogP contribution >= 0.6 is 0 Å². The summed E-state index contributed by atoms with van der Waals surface area (Å²) in [6, 6.07) is 6.88. The van der Waals surface area contributed by atoms with Gasteiger partial charge in [-0.3, -0.25) is 0 Å². The van der Waals surface area contributed by atoms with Crippen LogP contribution in [0.5, 0.6) is 5.75 Å². The maximum Gasteiger partial charge on any atom is 0.265 e. The van der Waals surface area contributed by atoms with Gasteiger partial charge in [0.05, 0.1) is 24.2 Å². The Morgan fingerprint density at radius 3 is 2.65 bits per heavy atom. The molecule has 7 nitrogen and oxygen atoms in total. The minimum atomic E-state index is -3.85. The van der Waals surface area contributed by atoms with Crippen molar-refractivity contribution < 1.29 is 23.0 Å². The molecule has 3 aliphatic rings. The van der Waals surface area contributed by atoms with E-state index in [1.165, 1.54) is 0 Å². The van der Waals surface area contributed by atoms with Crippen LogP contribution in [-0.2, 0) is 34.2 Å². The van der Waals surface area contributed by atoms with Gasteiger partial charge >= 0.3 is 0 Å². The maximum absolute atomic E-state index is 14.0. The molecule has 1 N–H and O–H groups in total. The zero-order valence-corrected chi connectivity index (χ0v) is 20.6. The Morgan fingerprint density at radius 2 is 1.94 bits per heavy atom. The number of sulfonamides is 1. The molecule has 0 spiro atoms. The predicted octanol–water partition coefficient (Wildman–Crippen LogP) is 3.86. The molecule has 0 bridgehead atoms. The Labute approximate surface area is 202 Å². The molecule has 1 aromatic heterocycles. The van der Waals surface area contributed by atoms with E-state index in [1.54, 1.807) is 28.7 Å². The fourth-order valence-corrected chi connectivity index (χ4v) is 6.91. The van der Waals surface area contributed by atoms with Crippen molar-refractivity contribution in [3.8, 4) is 5.75 Å². The first-order chi connectivity index (χ1) is 16.5. The fraction of sp³-hybridized carbons (Fsp3) is 0.577. The zero-order chi connectivity index (χ0) is 23.7. The highest BCUT2D eigenvalue weighted by Crippen LogP contribution is 2.45. The molecule has 8 heteroatoms. The summed E-state index contributed by atoms with van der Waals surface area (Å²) >= 11 is 0. The van der Waals surface area contributed by atoms with Crippen molar-refractivity contribution in [1.82, 2.24) is 4.98 Å². The molecular formula is C26H34N2O5S. The predicted molar refractivity (Wildman–Crippen MR) is 130 cm³/mol. The molecule has 34 heavy (non-hydrogen) atoms. The summed E-state index contributed by atoms with van der Waals surface area (Å²) in [4.78, 5) is 4.80. The van der Waals surface area contributed by atoms with Gasteiger partial charge in [-0.1, -0.05) is 13.0 Å². The average Bonchev–Trinajstić information content (AvgIpc) is 3.72. The SMILES string of the molecule is CCc1cnc2c(c1)CC[C@@H](C1CC1)N2S(=O)(=O)c1ccc(OCC2CCOCC2)c(CO)c1. The number of nitrogens with zero attached hydrogens (tertiary/aromatic N) is 2. The van der Waals surface area contributed by atoms with E-state index >= 15 is 0 Å². The van der Waals surface area contributed by atoms with Crippen LogP contribution in [-0.4, -0.2) is 44.4 Å². The molecule has 2 aromatic rings. The number of aryl methyl sites for hydroxylation is 2. The average molecular weight is 487 g/mol. The number of aromatic nitrogens is 1. The molecule has 1 aromatic carbocycles. The number of hydrogen-bond donors (Lipinski definition) is 1. The van der Waals surface area contributed by atoms with Crippen LogP contribution in [0.3, 0.4) is 0 Å². The number of fused-ring (bicyclic) bond motifs is 1. The Kier molecular flexibility index (Phi) is 6.82. The van der Waals surface area contributed by atoms with E-state index in [-0.39, 0.29) is 17.5 Å². The van der Waals surface area contributed by atoms with Crippen molar-refractivity contribution in [3.05, 3.63) is 47.2 Å². The normalized spacial score (nSPS) is 21.4. The Balaban J connectivity index is 1.45. The van der Waals surface area contributed by atoms with E-state index in [0.29, 0.717) is 35.6 Å². The number of anilines is 1. The van der Waals surface area contributed by atoms with Crippen molar-refractivity contribution in [2.24, 2.45) is 11.8 Å². The van der Waals surface area contributed by atoms with E-state index < -0.39 is 10.0 Å². The lowest BCUT2D eigenvalue weighted by Gasteiger charge is -2.37. The molecular weight excluding hydrogens is 452 g/mol. The number of rotatable bonds is 8. The maximum atomic E-state index is 14.0. The molecule has 2 fully saturated rings. The Hall–Kier alpha value is -2.16. The smallest absolute Gasteiger partial charge is 0.265 e. The second kappa shape index (κ2) is 9.84. The van der Waals surface area contributed by atoms with Crippen molar-refractivity contribution in [3.63, 3.8) is 0 Å². The molecule has 3 heterocycles. The van der Waals surface area contributed by atoms with Gasteiger partial charge in [-0.2, -0.15) is 0 Å². The van der Waals surface area contributed by atoms with Crippen LogP contribution in [0.15, 0.2) is 35.4 Å². The van der Waals surface area contributed by atoms with Crippen molar-refractivity contribution in [2.75, 3.05) is 24.1 Å². The van der Waals surface area contributed by atoms with Gasteiger partial charge in [0.2, 0.25) is 0 Å². The second-order valence-corrected chi connectivity index (χ2v) is 11.5. The lowest BCUT2D eigenvalue weighted by Crippen LogP contribution is -2.45.